The van der Waals surface area contributed by atoms with Gasteiger partial charge in [-0.05, 0) is 38.2 Å². The van der Waals surface area contributed by atoms with E-state index in [1.54, 1.807) is 14.1 Å². The van der Waals surface area contributed by atoms with Crippen LogP contribution in [-0.4, -0.2) is 30.9 Å². The van der Waals surface area contributed by atoms with E-state index in [0.29, 0.717) is 12.8 Å². The largest absolute Gasteiger partial charge is 0.367 e. The third-order valence-electron chi connectivity index (χ3n) is 3.92. The zero-order chi connectivity index (χ0) is 16.6. The molecule has 0 heterocycles. The van der Waals surface area contributed by atoms with E-state index in [9.17, 15) is 9.59 Å². The Kier molecular flexibility index (Phi) is 7.25. The first-order valence-corrected chi connectivity index (χ1v) is 7.87. The number of hydrogen-bond acceptors (Lipinski definition) is 4. The average Bonchev–Trinajstić information content (AvgIpc) is 2.46. The maximum atomic E-state index is 12.5. The summed E-state index contributed by atoms with van der Waals surface area (Å²) < 4.78 is 0. The lowest BCUT2D eigenvalue weighted by molar-refractivity contribution is -0.193. The van der Waals surface area contributed by atoms with Gasteiger partial charge >= 0.3 is 5.97 Å². The van der Waals surface area contributed by atoms with Gasteiger partial charge in [0.1, 0.15) is 11.2 Å². The van der Waals surface area contributed by atoms with E-state index in [4.69, 9.17) is 4.84 Å². The highest BCUT2D eigenvalue weighted by atomic mass is 16.7. The van der Waals surface area contributed by atoms with E-state index >= 15 is 0 Å². The smallest absolute Gasteiger partial charge is 0.338 e. The van der Waals surface area contributed by atoms with E-state index in [0.717, 1.165) is 19.3 Å². The molecule has 0 saturated carbocycles. The highest BCUT2D eigenvalue weighted by molar-refractivity contribution is 6.02. The monoisotopic (exact) mass is 305 g/mol. The minimum atomic E-state index is -1.02. The Balaban J connectivity index is 2.80. The highest BCUT2D eigenvalue weighted by Crippen LogP contribution is 2.33. The number of aryl methyl sites for hydroxylation is 1. The van der Waals surface area contributed by atoms with Crippen LogP contribution >= 0.6 is 0 Å². The van der Waals surface area contributed by atoms with Gasteiger partial charge in [-0.2, -0.15) is 0 Å². The van der Waals surface area contributed by atoms with Gasteiger partial charge in [-0.25, -0.2) is 4.79 Å². The summed E-state index contributed by atoms with van der Waals surface area (Å²) in [5.41, 5.74) is 0.200. The number of rotatable bonds is 9. The molecular weight excluding hydrogens is 278 g/mol. The normalized spacial score (nSPS) is 13.7. The summed E-state index contributed by atoms with van der Waals surface area (Å²) in [7, 11) is 3.30. The Bertz CT molecular complexity index is 484. The SMILES string of the molecule is CCCC(CCCc1ccccc1)(C(C)=O)C(=O)ON(C)C. The van der Waals surface area contributed by atoms with Gasteiger partial charge in [0.25, 0.3) is 0 Å². The number of benzene rings is 1. The van der Waals surface area contributed by atoms with E-state index in [-0.39, 0.29) is 5.78 Å². The Hall–Kier alpha value is -1.68. The van der Waals surface area contributed by atoms with Crippen LogP contribution in [0.2, 0.25) is 0 Å². The molecule has 0 aliphatic carbocycles. The first kappa shape index (κ1) is 18.4. The molecule has 1 atom stereocenters. The number of hydrogen-bond donors (Lipinski definition) is 0. The molecule has 0 saturated heterocycles. The van der Waals surface area contributed by atoms with Crippen molar-refractivity contribution < 1.29 is 14.4 Å². The first-order chi connectivity index (χ1) is 10.4. The van der Waals surface area contributed by atoms with Crippen molar-refractivity contribution in [2.24, 2.45) is 5.41 Å². The average molecular weight is 305 g/mol. The zero-order valence-electron chi connectivity index (χ0n) is 14.1. The third kappa shape index (κ3) is 4.95. The third-order valence-corrected chi connectivity index (χ3v) is 3.92. The minimum absolute atomic E-state index is 0.103. The van der Waals surface area contributed by atoms with Crippen LogP contribution in [0.5, 0.6) is 0 Å². The van der Waals surface area contributed by atoms with Gasteiger partial charge in [-0.15, -0.1) is 5.06 Å². The Labute approximate surface area is 133 Å². The second kappa shape index (κ2) is 8.69. The fourth-order valence-corrected chi connectivity index (χ4v) is 2.74. The second-order valence-corrected chi connectivity index (χ2v) is 5.92. The molecule has 0 amide bonds. The van der Waals surface area contributed by atoms with E-state index in [2.05, 4.69) is 12.1 Å². The van der Waals surface area contributed by atoms with Crippen molar-refractivity contribution in [3.05, 3.63) is 35.9 Å². The van der Waals surface area contributed by atoms with Crippen LogP contribution in [0.15, 0.2) is 30.3 Å². The number of hydroxylamine groups is 2. The van der Waals surface area contributed by atoms with Crippen LogP contribution in [0, 0.1) is 5.41 Å². The molecule has 1 unspecified atom stereocenters. The summed E-state index contributed by atoms with van der Waals surface area (Å²) in [6.07, 6.45) is 3.47. The standard InChI is InChI=1S/C18H27NO3/c1-5-13-18(15(2)20,17(21)22-19(3)4)14-9-12-16-10-7-6-8-11-16/h6-8,10-11H,5,9,12-14H2,1-4H3. The number of carbonyl (C=O) groups is 2. The molecule has 1 aromatic rings. The molecule has 122 valence electrons. The lowest BCUT2D eigenvalue weighted by atomic mass is 9.75. The Morgan fingerprint density at radius 1 is 1.14 bits per heavy atom. The van der Waals surface area contributed by atoms with Crippen molar-refractivity contribution in [1.82, 2.24) is 5.06 Å². The van der Waals surface area contributed by atoms with Crippen LogP contribution in [0.25, 0.3) is 0 Å². The predicted octanol–water partition coefficient (Wildman–Crippen LogP) is 3.40. The molecule has 4 heteroatoms. The quantitative estimate of drug-likeness (QED) is 0.518. The van der Waals surface area contributed by atoms with Gasteiger partial charge < -0.3 is 4.84 Å². The van der Waals surface area contributed by atoms with Crippen molar-refractivity contribution in [1.29, 1.82) is 0 Å². The fourth-order valence-electron chi connectivity index (χ4n) is 2.74. The molecule has 0 aliphatic rings. The van der Waals surface area contributed by atoms with E-state index in [1.165, 1.54) is 17.6 Å². The highest BCUT2D eigenvalue weighted by Gasteiger charge is 2.44. The van der Waals surface area contributed by atoms with Gasteiger partial charge in [-0.3, -0.25) is 4.79 Å². The molecule has 0 aromatic heterocycles. The van der Waals surface area contributed by atoms with Crippen LogP contribution in [0.3, 0.4) is 0 Å². The van der Waals surface area contributed by atoms with Crippen LogP contribution in [-0.2, 0) is 20.8 Å². The number of ketones is 1. The summed E-state index contributed by atoms with van der Waals surface area (Å²) in [5.74, 6) is -0.533. The molecule has 0 radical (unpaired) electrons. The zero-order valence-corrected chi connectivity index (χ0v) is 14.1. The topological polar surface area (TPSA) is 46.6 Å². The van der Waals surface area contributed by atoms with Crippen LogP contribution in [0.1, 0.15) is 45.1 Å². The molecule has 0 aliphatic heterocycles. The van der Waals surface area contributed by atoms with Crippen molar-refractivity contribution in [2.75, 3.05) is 14.1 Å². The summed E-state index contributed by atoms with van der Waals surface area (Å²) in [6, 6.07) is 10.1. The molecule has 0 N–H and O–H groups in total. The van der Waals surface area contributed by atoms with Gasteiger partial charge in [0.05, 0.1) is 0 Å². The lowest BCUT2D eigenvalue weighted by Gasteiger charge is -2.29. The van der Waals surface area contributed by atoms with Crippen molar-refractivity contribution in [3.63, 3.8) is 0 Å². The number of carbonyl (C=O) groups excluding carboxylic acids is 2. The first-order valence-electron chi connectivity index (χ1n) is 7.87. The lowest BCUT2D eigenvalue weighted by Crippen LogP contribution is -2.41. The van der Waals surface area contributed by atoms with Gasteiger partial charge in [0.15, 0.2) is 0 Å². The van der Waals surface area contributed by atoms with E-state index in [1.807, 2.05) is 25.1 Å². The van der Waals surface area contributed by atoms with Crippen LogP contribution in [0.4, 0.5) is 0 Å². The molecule has 1 aromatic carbocycles. The molecule has 22 heavy (non-hydrogen) atoms. The fraction of sp³-hybridized carbons (Fsp3) is 0.556. The summed E-state index contributed by atoms with van der Waals surface area (Å²) in [5, 5.41) is 1.35. The van der Waals surface area contributed by atoms with Crippen molar-refractivity contribution in [2.45, 2.75) is 46.0 Å². The molecule has 1 rings (SSSR count). The maximum Gasteiger partial charge on any atom is 0.338 e. The summed E-state index contributed by atoms with van der Waals surface area (Å²) in [6.45, 7) is 3.48. The Morgan fingerprint density at radius 2 is 1.77 bits per heavy atom. The summed E-state index contributed by atoms with van der Waals surface area (Å²) >= 11 is 0. The Morgan fingerprint density at radius 3 is 2.27 bits per heavy atom. The van der Waals surface area contributed by atoms with Crippen LogP contribution < -0.4 is 0 Å². The predicted molar refractivity (Wildman–Crippen MR) is 87.2 cm³/mol. The minimum Gasteiger partial charge on any atom is -0.367 e. The van der Waals surface area contributed by atoms with Gasteiger partial charge in [-0.1, -0.05) is 43.7 Å². The number of nitrogens with zero attached hydrogens (tertiary/aromatic N) is 1. The molecule has 0 fully saturated rings. The van der Waals surface area contributed by atoms with Crippen molar-refractivity contribution >= 4 is 11.8 Å². The van der Waals surface area contributed by atoms with E-state index < -0.39 is 11.4 Å². The van der Waals surface area contributed by atoms with Gasteiger partial charge in [0, 0.05) is 14.1 Å². The molecule has 0 bridgehead atoms. The molecular formula is C18H27NO3. The maximum absolute atomic E-state index is 12.5. The van der Waals surface area contributed by atoms with Crippen molar-refractivity contribution in [3.8, 4) is 0 Å². The van der Waals surface area contributed by atoms with Gasteiger partial charge in [0.2, 0.25) is 0 Å². The molecule has 4 nitrogen and oxygen atoms in total. The molecule has 0 spiro atoms. The summed E-state index contributed by atoms with van der Waals surface area (Å²) in [4.78, 5) is 29.9. The second-order valence-electron chi connectivity index (χ2n) is 5.92. The number of Topliss-reactive ketones (excluding diaryl/α,β-unsaturated/α-hetero) is 1.